The van der Waals surface area contributed by atoms with Crippen molar-refractivity contribution in [1.82, 2.24) is 0 Å². The Bertz CT molecular complexity index is 931. The molecule has 1 fully saturated rings. The Kier molecular flexibility index (Phi) is 6.42. The number of aliphatic hydroxyl groups is 1. The van der Waals surface area contributed by atoms with Crippen LogP contribution >= 0.6 is 0 Å². The summed E-state index contributed by atoms with van der Waals surface area (Å²) in [7, 11) is 1.39. The normalized spacial score (nSPS) is 23.4. The monoisotopic (exact) mass is 425 g/mol. The van der Waals surface area contributed by atoms with Gasteiger partial charge in [0.2, 0.25) is 0 Å². The highest BCUT2D eigenvalue weighted by Gasteiger charge is 2.51. The molecule has 1 aliphatic carbocycles. The number of aryl methyl sites for hydroxylation is 1. The number of fused-ring (bicyclic) bond motifs is 3. The number of benzene rings is 2. The molecule has 2 aromatic carbocycles. The fraction of sp³-hybridized carbons (Fsp3) is 0.417. The van der Waals surface area contributed by atoms with Crippen LogP contribution in [0, 0.1) is 5.92 Å². The van der Waals surface area contributed by atoms with E-state index in [0.717, 1.165) is 16.9 Å². The molecule has 2 aliphatic rings. The van der Waals surface area contributed by atoms with Crippen LogP contribution in [0.15, 0.2) is 48.5 Å². The van der Waals surface area contributed by atoms with Crippen molar-refractivity contribution in [3.63, 3.8) is 0 Å². The van der Waals surface area contributed by atoms with Gasteiger partial charge >= 0.3 is 12.1 Å². The number of anilines is 1. The van der Waals surface area contributed by atoms with E-state index in [4.69, 9.17) is 14.2 Å². The summed E-state index contributed by atoms with van der Waals surface area (Å²) in [5.41, 5.74) is 2.74. The summed E-state index contributed by atoms with van der Waals surface area (Å²) in [4.78, 5) is 23.7. The zero-order chi connectivity index (χ0) is 21.8. The van der Waals surface area contributed by atoms with Crippen LogP contribution in [0.4, 0.5) is 10.5 Å². The second kappa shape index (κ2) is 9.39. The molecule has 0 saturated heterocycles. The van der Waals surface area contributed by atoms with Gasteiger partial charge in [0.25, 0.3) is 0 Å². The molecule has 7 heteroatoms. The Morgan fingerprint density at radius 2 is 1.97 bits per heavy atom. The average Bonchev–Trinajstić information content (AvgIpc) is 3.30. The number of ether oxygens (including phenoxy) is 3. The van der Waals surface area contributed by atoms with Gasteiger partial charge in [0.05, 0.1) is 13.7 Å². The number of nitrogens with one attached hydrogen (secondary N) is 1. The number of esters is 1. The molecule has 7 nitrogen and oxygen atoms in total. The van der Waals surface area contributed by atoms with Crippen molar-refractivity contribution in [2.75, 3.05) is 19.0 Å². The maximum absolute atomic E-state index is 12.4. The van der Waals surface area contributed by atoms with Crippen LogP contribution in [0.1, 0.15) is 36.3 Å². The number of hydrogen-bond donors (Lipinski definition) is 2. The number of amides is 1. The Morgan fingerprint density at radius 3 is 2.71 bits per heavy atom. The molecule has 164 valence electrons. The molecular formula is C24H27NO6. The predicted molar refractivity (Wildman–Crippen MR) is 114 cm³/mol. The minimum absolute atomic E-state index is 0.0323. The maximum atomic E-state index is 12.4. The zero-order valence-corrected chi connectivity index (χ0v) is 17.5. The molecule has 0 aromatic heterocycles. The zero-order valence-electron chi connectivity index (χ0n) is 17.5. The van der Waals surface area contributed by atoms with Crippen LogP contribution in [0.25, 0.3) is 0 Å². The first-order valence-electron chi connectivity index (χ1n) is 10.6. The van der Waals surface area contributed by atoms with Gasteiger partial charge in [-0.1, -0.05) is 36.4 Å². The lowest BCUT2D eigenvalue weighted by molar-refractivity contribution is -0.140. The number of methoxy groups -OCH3 is 1. The van der Waals surface area contributed by atoms with Gasteiger partial charge in [0, 0.05) is 35.9 Å². The van der Waals surface area contributed by atoms with Crippen molar-refractivity contribution in [3.05, 3.63) is 59.7 Å². The van der Waals surface area contributed by atoms with Crippen LogP contribution in [0.3, 0.4) is 0 Å². The molecule has 4 atom stereocenters. The molecule has 2 aromatic rings. The molecule has 0 bridgehead atoms. The topological polar surface area (TPSA) is 94.1 Å². The molecule has 4 rings (SSSR count). The van der Waals surface area contributed by atoms with E-state index in [-0.39, 0.29) is 30.5 Å². The number of carbonyl (C=O) groups is 2. The third-order valence-electron chi connectivity index (χ3n) is 6.10. The largest absolute Gasteiger partial charge is 0.489 e. The van der Waals surface area contributed by atoms with E-state index < -0.39 is 12.2 Å². The second-order valence-electron chi connectivity index (χ2n) is 7.96. The standard InChI is InChI=1S/C24H27NO6/c1-29-21(27)12-6-8-15-7-5-11-17-22-18(14-26)19(13-20(22)30-23(15)17)31-24(28)25-16-9-3-2-4-10-16/h2-5,7,9-11,18-20,22,26H,6,8,12-14H2,1H3,(H,25,28)/t18?,19?,20-,22+/m1/s1. The summed E-state index contributed by atoms with van der Waals surface area (Å²) < 4.78 is 16.6. The molecule has 1 aliphatic heterocycles. The first-order valence-corrected chi connectivity index (χ1v) is 10.6. The van der Waals surface area contributed by atoms with E-state index in [0.29, 0.717) is 31.4 Å². The van der Waals surface area contributed by atoms with E-state index in [1.54, 1.807) is 12.1 Å². The number of hydrogen-bond acceptors (Lipinski definition) is 6. The van der Waals surface area contributed by atoms with Crippen molar-refractivity contribution < 1.29 is 28.9 Å². The lowest BCUT2D eigenvalue weighted by Crippen LogP contribution is -2.29. The highest BCUT2D eigenvalue weighted by Crippen LogP contribution is 2.52. The molecule has 1 amide bonds. The van der Waals surface area contributed by atoms with Crippen LogP contribution < -0.4 is 10.1 Å². The smallest absolute Gasteiger partial charge is 0.411 e. The van der Waals surface area contributed by atoms with Crippen LogP contribution in [0.5, 0.6) is 5.75 Å². The number of para-hydroxylation sites is 2. The predicted octanol–water partition coefficient (Wildman–Crippen LogP) is 3.66. The Morgan fingerprint density at radius 1 is 1.16 bits per heavy atom. The number of aliphatic hydroxyl groups excluding tert-OH is 1. The third kappa shape index (κ3) is 4.51. The third-order valence-corrected chi connectivity index (χ3v) is 6.10. The van der Waals surface area contributed by atoms with Gasteiger partial charge in [0.1, 0.15) is 18.0 Å². The quantitative estimate of drug-likeness (QED) is 0.658. The van der Waals surface area contributed by atoms with Crippen LogP contribution in [-0.4, -0.2) is 43.1 Å². The lowest BCUT2D eigenvalue weighted by Gasteiger charge is -2.22. The first kappa shape index (κ1) is 21.2. The van der Waals surface area contributed by atoms with Gasteiger partial charge in [-0.3, -0.25) is 10.1 Å². The van der Waals surface area contributed by atoms with Gasteiger partial charge in [-0.15, -0.1) is 0 Å². The second-order valence-corrected chi connectivity index (χ2v) is 7.96. The molecule has 1 heterocycles. The Labute approximate surface area is 181 Å². The summed E-state index contributed by atoms with van der Waals surface area (Å²) in [5, 5.41) is 12.8. The molecule has 0 radical (unpaired) electrons. The van der Waals surface area contributed by atoms with Crippen molar-refractivity contribution in [2.45, 2.75) is 43.8 Å². The fourth-order valence-electron chi connectivity index (χ4n) is 4.67. The number of rotatable bonds is 7. The summed E-state index contributed by atoms with van der Waals surface area (Å²) in [6.45, 7) is -0.0974. The average molecular weight is 425 g/mol. The Balaban J connectivity index is 1.43. The molecule has 0 spiro atoms. The van der Waals surface area contributed by atoms with Crippen molar-refractivity contribution in [1.29, 1.82) is 0 Å². The molecular weight excluding hydrogens is 398 g/mol. The van der Waals surface area contributed by atoms with Gasteiger partial charge < -0.3 is 19.3 Å². The fourth-order valence-corrected chi connectivity index (χ4v) is 4.67. The summed E-state index contributed by atoms with van der Waals surface area (Å²) in [5.74, 6) is 0.348. The van der Waals surface area contributed by atoms with Gasteiger partial charge in [0.15, 0.2) is 0 Å². The maximum Gasteiger partial charge on any atom is 0.411 e. The summed E-state index contributed by atoms with van der Waals surface area (Å²) >= 11 is 0. The molecule has 31 heavy (non-hydrogen) atoms. The SMILES string of the molecule is COC(=O)CCCc1cccc2c1O[C@@H]1CC(OC(=O)Nc3ccccc3)C(CO)[C@H]21. The van der Waals surface area contributed by atoms with E-state index in [1.807, 2.05) is 36.4 Å². The minimum Gasteiger partial charge on any atom is -0.489 e. The lowest BCUT2D eigenvalue weighted by atomic mass is 9.87. The first-order chi connectivity index (χ1) is 15.1. The van der Waals surface area contributed by atoms with Crippen LogP contribution in [-0.2, 0) is 20.7 Å². The van der Waals surface area contributed by atoms with Gasteiger partial charge in [-0.05, 0) is 30.5 Å². The van der Waals surface area contributed by atoms with E-state index >= 15 is 0 Å². The van der Waals surface area contributed by atoms with Crippen molar-refractivity contribution in [3.8, 4) is 5.75 Å². The van der Waals surface area contributed by atoms with Crippen molar-refractivity contribution in [2.24, 2.45) is 5.92 Å². The highest BCUT2D eigenvalue weighted by molar-refractivity contribution is 5.84. The van der Waals surface area contributed by atoms with E-state index in [2.05, 4.69) is 5.32 Å². The van der Waals surface area contributed by atoms with E-state index in [1.165, 1.54) is 7.11 Å². The molecule has 2 unspecified atom stereocenters. The molecule has 2 N–H and O–H groups in total. The minimum atomic E-state index is -0.536. The van der Waals surface area contributed by atoms with Gasteiger partial charge in [-0.25, -0.2) is 4.79 Å². The van der Waals surface area contributed by atoms with Gasteiger partial charge in [-0.2, -0.15) is 0 Å². The summed E-state index contributed by atoms with van der Waals surface area (Å²) in [6, 6.07) is 15.1. The molecule has 1 saturated carbocycles. The highest BCUT2D eigenvalue weighted by atomic mass is 16.6. The summed E-state index contributed by atoms with van der Waals surface area (Å²) in [6.07, 6.45) is 1.15. The van der Waals surface area contributed by atoms with Crippen molar-refractivity contribution >= 4 is 17.7 Å². The number of carbonyl (C=O) groups excluding carboxylic acids is 2. The Hall–Kier alpha value is -3.06. The van der Waals surface area contributed by atoms with Crippen LogP contribution in [0.2, 0.25) is 0 Å². The van der Waals surface area contributed by atoms with E-state index in [9.17, 15) is 14.7 Å².